The molecule has 0 bridgehead atoms. The molecule has 5 heteroatoms. The first-order valence-electron chi connectivity index (χ1n) is 5.38. The Labute approximate surface area is 105 Å². The van der Waals surface area contributed by atoms with E-state index in [1.54, 1.807) is 18.0 Å². The van der Waals surface area contributed by atoms with E-state index in [0.29, 0.717) is 12.3 Å². The Kier molecular flexibility index (Phi) is 4.85. The van der Waals surface area contributed by atoms with E-state index in [4.69, 9.17) is 4.74 Å². The smallest absolute Gasteiger partial charge is 0.325 e. The van der Waals surface area contributed by atoms with Crippen molar-refractivity contribution >= 4 is 5.97 Å². The molecular weight excluding hydrogens is 237 g/mol. The van der Waals surface area contributed by atoms with Crippen molar-refractivity contribution in [2.45, 2.75) is 6.04 Å². The molecule has 0 fully saturated rings. The van der Waals surface area contributed by atoms with Gasteiger partial charge in [0.25, 0.3) is 0 Å². The Hall–Kier alpha value is -1.88. The van der Waals surface area contributed by atoms with Crippen LogP contribution in [-0.4, -0.2) is 36.7 Å². The largest absolute Gasteiger partial charge is 0.496 e. The number of carbonyl (C=O) groups is 1. The molecule has 0 spiro atoms. The van der Waals surface area contributed by atoms with Gasteiger partial charge < -0.3 is 9.84 Å². The van der Waals surface area contributed by atoms with Crippen LogP contribution >= 0.6 is 0 Å². The third kappa shape index (κ3) is 3.07. The summed E-state index contributed by atoms with van der Waals surface area (Å²) in [4.78, 5) is 12.9. The molecule has 18 heavy (non-hydrogen) atoms. The van der Waals surface area contributed by atoms with Crippen LogP contribution in [0.1, 0.15) is 11.6 Å². The van der Waals surface area contributed by atoms with Crippen molar-refractivity contribution in [1.29, 1.82) is 0 Å². The van der Waals surface area contributed by atoms with Crippen LogP contribution in [0.2, 0.25) is 0 Å². The van der Waals surface area contributed by atoms with Gasteiger partial charge in [-0.2, -0.15) is 0 Å². The Morgan fingerprint density at radius 3 is 2.83 bits per heavy atom. The van der Waals surface area contributed by atoms with Gasteiger partial charge in [-0.25, -0.2) is 4.39 Å². The lowest BCUT2D eigenvalue weighted by molar-refractivity contribution is -0.142. The molecule has 0 saturated heterocycles. The molecule has 0 unspecified atom stereocenters. The summed E-state index contributed by atoms with van der Waals surface area (Å²) in [6, 6.07) is 2.85. The van der Waals surface area contributed by atoms with Crippen LogP contribution in [0.5, 0.6) is 5.75 Å². The van der Waals surface area contributed by atoms with Gasteiger partial charge in [-0.3, -0.25) is 9.69 Å². The fraction of sp³-hybridized carbons (Fsp3) is 0.308. The minimum Gasteiger partial charge on any atom is -0.496 e. The molecule has 1 rings (SSSR count). The standard InChI is InChI=1S/C13H16FNO3/c1-4-7-15(2)12(13(16)17)10-8-9(14)5-6-11(10)18-3/h4-6,8,12H,1,7H2,2-3H3,(H,16,17)/t12-/m0/s1. The highest BCUT2D eigenvalue weighted by atomic mass is 19.1. The highest BCUT2D eigenvalue weighted by Gasteiger charge is 2.27. The molecule has 1 aromatic carbocycles. The molecule has 1 aromatic rings. The van der Waals surface area contributed by atoms with Crippen LogP contribution in [0.15, 0.2) is 30.9 Å². The summed E-state index contributed by atoms with van der Waals surface area (Å²) in [6.45, 7) is 3.93. The molecule has 1 N–H and O–H groups in total. The second-order valence-corrected chi connectivity index (χ2v) is 3.86. The highest BCUT2D eigenvalue weighted by molar-refractivity contribution is 5.76. The van der Waals surface area contributed by atoms with E-state index in [9.17, 15) is 14.3 Å². The summed E-state index contributed by atoms with van der Waals surface area (Å²) in [6.07, 6.45) is 1.59. The lowest BCUT2D eigenvalue weighted by atomic mass is 10.0. The molecule has 1 atom stereocenters. The summed E-state index contributed by atoms with van der Waals surface area (Å²) in [5.41, 5.74) is 0.286. The van der Waals surface area contributed by atoms with E-state index in [1.165, 1.54) is 25.3 Å². The Morgan fingerprint density at radius 2 is 2.33 bits per heavy atom. The summed E-state index contributed by atoms with van der Waals surface area (Å²) in [5, 5.41) is 9.28. The van der Waals surface area contributed by atoms with Crippen molar-refractivity contribution in [3.63, 3.8) is 0 Å². The normalized spacial score (nSPS) is 12.2. The number of carboxylic acid groups (broad SMARTS) is 1. The van der Waals surface area contributed by atoms with Gasteiger partial charge in [0, 0.05) is 12.1 Å². The van der Waals surface area contributed by atoms with Crippen LogP contribution in [0.4, 0.5) is 4.39 Å². The van der Waals surface area contributed by atoms with E-state index in [0.717, 1.165) is 0 Å². The Bertz CT molecular complexity index is 448. The maximum Gasteiger partial charge on any atom is 0.325 e. The average Bonchev–Trinajstić information content (AvgIpc) is 2.29. The van der Waals surface area contributed by atoms with Crippen LogP contribution < -0.4 is 4.74 Å². The zero-order chi connectivity index (χ0) is 13.7. The van der Waals surface area contributed by atoms with E-state index in [1.807, 2.05) is 0 Å². The first-order chi connectivity index (χ1) is 8.51. The van der Waals surface area contributed by atoms with Gasteiger partial charge in [-0.05, 0) is 25.2 Å². The highest BCUT2D eigenvalue weighted by Crippen LogP contribution is 2.29. The van der Waals surface area contributed by atoms with E-state index in [2.05, 4.69) is 6.58 Å². The quantitative estimate of drug-likeness (QED) is 0.788. The predicted molar refractivity (Wildman–Crippen MR) is 66.2 cm³/mol. The second-order valence-electron chi connectivity index (χ2n) is 3.86. The number of hydrogen-bond donors (Lipinski definition) is 1. The van der Waals surface area contributed by atoms with Gasteiger partial charge in [-0.1, -0.05) is 6.08 Å². The number of aliphatic carboxylic acids is 1. The summed E-state index contributed by atoms with van der Waals surface area (Å²) in [7, 11) is 3.05. The number of nitrogens with zero attached hydrogens (tertiary/aromatic N) is 1. The number of halogens is 1. The lowest BCUT2D eigenvalue weighted by Gasteiger charge is -2.25. The van der Waals surface area contributed by atoms with Gasteiger partial charge in [0.2, 0.25) is 0 Å². The third-order valence-electron chi connectivity index (χ3n) is 2.58. The molecular formula is C13H16FNO3. The number of rotatable bonds is 6. The maximum absolute atomic E-state index is 13.3. The minimum atomic E-state index is -1.07. The molecule has 0 heterocycles. The van der Waals surface area contributed by atoms with E-state index in [-0.39, 0.29) is 5.56 Å². The molecule has 0 aromatic heterocycles. The van der Waals surface area contributed by atoms with Crippen LogP contribution in [0.25, 0.3) is 0 Å². The Morgan fingerprint density at radius 1 is 1.67 bits per heavy atom. The first-order valence-corrected chi connectivity index (χ1v) is 5.38. The fourth-order valence-electron chi connectivity index (χ4n) is 1.79. The number of likely N-dealkylation sites (N-methyl/N-ethyl adjacent to an activating group) is 1. The van der Waals surface area contributed by atoms with Crippen molar-refractivity contribution in [2.24, 2.45) is 0 Å². The molecule has 98 valence electrons. The molecule has 0 aliphatic heterocycles. The van der Waals surface area contributed by atoms with Gasteiger partial charge in [0.1, 0.15) is 17.6 Å². The molecule has 0 aliphatic carbocycles. The Balaban J connectivity index is 3.24. The zero-order valence-electron chi connectivity index (χ0n) is 10.4. The number of methoxy groups -OCH3 is 1. The summed E-state index contributed by atoms with van der Waals surface area (Å²) < 4.78 is 18.3. The van der Waals surface area contributed by atoms with Crippen LogP contribution in [0.3, 0.4) is 0 Å². The fourth-order valence-corrected chi connectivity index (χ4v) is 1.79. The van der Waals surface area contributed by atoms with Gasteiger partial charge in [-0.15, -0.1) is 6.58 Å². The van der Waals surface area contributed by atoms with Crippen molar-refractivity contribution in [3.05, 3.63) is 42.2 Å². The van der Waals surface area contributed by atoms with Crippen molar-refractivity contribution in [2.75, 3.05) is 20.7 Å². The van der Waals surface area contributed by atoms with Crippen molar-refractivity contribution in [1.82, 2.24) is 4.90 Å². The molecule has 0 saturated carbocycles. The molecule has 0 amide bonds. The maximum atomic E-state index is 13.3. The van der Waals surface area contributed by atoms with Gasteiger partial charge in [0.05, 0.1) is 7.11 Å². The average molecular weight is 253 g/mol. The van der Waals surface area contributed by atoms with Crippen molar-refractivity contribution < 1.29 is 19.0 Å². The SMILES string of the molecule is C=CCN(C)[C@H](C(=O)O)c1cc(F)ccc1OC. The first kappa shape index (κ1) is 14.2. The molecule has 0 radical (unpaired) electrons. The predicted octanol–water partition coefficient (Wildman–Crippen LogP) is 2.08. The molecule has 0 aliphatic rings. The number of hydrogen-bond acceptors (Lipinski definition) is 3. The van der Waals surface area contributed by atoms with Gasteiger partial charge in [0.15, 0.2) is 0 Å². The van der Waals surface area contributed by atoms with Crippen molar-refractivity contribution in [3.8, 4) is 5.75 Å². The lowest BCUT2D eigenvalue weighted by Crippen LogP contribution is -2.31. The number of carboxylic acids is 1. The number of benzene rings is 1. The third-order valence-corrected chi connectivity index (χ3v) is 2.58. The van der Waals surface area contributed by atoms with Crippen LogP contribution in [-0.2, 0) is 4.79 Å². The van der Waals surface area contributed by atoms with Crippen LogP contribution in [0, 0.1) is 5.82 Å². The molecule has 4 nitrogen and oxygen atoms in total. The summed E-state index contributed by atoms with van der Waals surface area (Å²) >= 11 is 0. The minimum absolute atomic E-state index is 0.286. The van der Waals surface area contributed by atoms with E-state index >= 15 is 0 Å². The number of ether oxygens (including phenoxy) is 1. The summed E-state index contributed by atoms with van der Waals surface area (Å²) in [5.74, 6) is -1.22. The zero-order valence-corrected chi connectivity index (χ0v) is 10.4. The second kappa shape index (κ2) is 6.16. The topological polar surface area (TPSA) is 49.8 Å². The van der Waals surface area contributed by atoms with E-state index < -0.39 is 17.8 Å². The van der Waals surface area contributed by atoms with Gasteiger partial charge >= 0.3 is 5.97 Å². The monoisotopic (exact) mass is 253 g/mol.